The molecule has 3 nitrogen and oxygen atoms in total. The topological polar surface area (TPSA) is 42.8 Å². The summed E-state index contributed by atoms with van der Waals surface area (Å²) in [7, 11) is 0. The number of nitrogens with one attached hydrogen (secondary N) is 2. The largest absolute Gasteiger partial charge is 0.360 e. The molecule has 0 unspecified atom stereocenters. The lowest BCUT2D eigenvalue weighted by atomic mass is 10.1. The number of hydrogen-bond donors (Lipinski definition) is 1. The summed E-state index contributed by atoms with van der Waals surface area (Å²) in [6, 6.07) is 14.3. The smallest absolute Gasteiger partial charge is 0.221 e. The van der Waals surface area contributed by atoms with E-state index in [9.17, 15) is 0 Å². The average Bonchev–Trinajstić information content (AvgIpc) is 2.83. The first-order valence-corrected chi connectivity index (χ1v) is 6.26. The van der Waals surface area contributed by atoms with Crippen molar-refractivity contribution in [3.8, 4) is 22.5 Å². The van der Waals surface area contributed by atoms with Crippen molar-refractivity contribution in [2.45, 2.75) is 0 Å². The molecule has 3 heterocycles. The quantitative estimate of drug-likeness (QED) is 0.551. The molecule has 0 fully saturated rings. The first-order valence-electron chi connectivity index (χ1n) is 6.26. The minimum atomic E-state index is 0.990. The fourth-order valence-corrected chi connectivity index (χ4v) is 2.63. The first-order chi connectivity index (χ1) is 9.45. The van der Waals surface area contributed by atoms with Crippen LogP contribution in [0.5, 0.6) is 0 Å². The molecule has 0 aromatic carbocycles. The van der Waals surface area contributed by atoms with Crippen LogP contribution in [-0.4, -0.2) is 9.97 Å². The van der Waals surface area contributed by atoms with E-state index in [4.69, 9.17) is 0 Å². The Morgan fingerprint density at radius 1 is 1.00 bits per heavy atom. The fourth-order valence-electron chi connectivity index (χ4n) is 2.63. The SMILES string of the molecule is c1ccc(-c2c3[nH]cccc-3c3[nH+]cccc23)nc1. The van der Waals surface area contributed by atoms with Gasteiger partial charge in [0.05, 0.1) is 22.3 Å². The number of pyridine rings is 3. The molecule has 1 aliphatic carbocycles. The van der Waals surface area contributed by atoms with Crippen molar-refractivity contribution in [1.82, 2.24) is 9.97 Å². The third kappa shape index (κ3) is 1.45. The van der Waals surface area contributed by atoms with Gasteiger partial charge in [0, 0.05) is 24.0 Å². The number of H-pyrrole nitrogens is 2. The molecule has 2 N–H and O–H groups in total. The molecule has 0 bridgehead atoms. The van der Waals surface area contributed by atoms with Crippen molar-refractivity contribution in [3.05, 3.63) is 61.1 Å². The van der Waals surface area contributed by atoms with Gasteiger partial charge in [-0.05, 0) is 30.3 Å². The molecule has 0 radical (unpaired) electrons. The number of aromatic amines is 2. The van der Waals surface area contributed by atoms with Crippen LogP contribution < -0.4 is 4.98 Å². The molecule has 2 aromatic heterocycles. The molecule has 2 aliphatic rings. The Kier molecular flexibility index (Phi) is 2.12. The number of fused-ring (bicyclic) bond motifs is 3. The van der Waals surface area contributed by atoms with Gasteiger partial charge in [-0.25, -0.2) is 4.98 Å². The molecule has 0 amide bonds. The normalized spacial score (nSPS) is 11.2. The van der Waals surface area contributed by atoms with Crippen LogP contribution in [-0.2, 0) is 0 Å². The molecule has 1 aliphatic heterocycles. The minimum Gasteiger partial charge on any atom is -0.360 e. The monoisotopic (exact) mass is 246 g/mol. The van der Waals surface area contributed by atoms with Crippen LogP contribution in [0.2, 0.25) is 0 Å². The first kappa shape index (κ1) is 10.3. The maximum Gasteiger partial charge on any atom is 0.221 e. The van der Waals surface area contributed by atoms with E-state index < -0.39 is 0 Å². The fraction of sp³-hybridized carbons (Fsp3) is 0. The van der Waals surface area contributed by atoms with E-state index in [1.54, 1.807) is 0 Å². The van der Waals surface area contributed by atoms with Gasteiger partial charge in [0.25, 0.3) is 0 Å². The highest BCUT2D eigenvalue weighted by Gasteiger charge is 2.23. The van der Waals surface area contributed by atoms with Crippen molar-refractivity contribution in [3.63, 3.8) is 0 Å². The number of aromatic nitrogens is 3. The number of rotatable bonds is 1. The lowest BCUT2D eigenvalue weighted by Crippen LogP contribution is -2.00. The molecule has 0 saturated carbocycles. The van der Waals surface area contributed by atoms with E-state index in [2.05, 4.69) is 27.1 Å². The third-order valence-electron chi connectivity index (χ3n) is 3.42. The Morgan fingerprint density at radius 3 is 2.89 bits per heavy atom. The van der Waals surface area contributed by atoms with Gasteiger partial charge < -0.3 is 4.98 Å². The molecular weight excluding hydrogens is 234 g/mol. The summed E-state index contributed by atoms with van der Waals surface area (Å²) in [5.41, 5.74) is 5.61. The van der Waals surface area contributed by atoms with E-state index in [0.717, 1.165) is 22.5 Å². The maximum absolute atomic E-state index is 4.49. The second-order valence-corrected chi connectivity index (χ2v) is 4.51. The standard InChI is InChI=1S/C16H11N3/c1-2-8-17-13(7-1)14-11-5-3-9-18-15(11)12-6-4-10-19-16(12)14/h1-10,19H/p+1. The second-order valence-electron chi connectivity index (χ2n) is 4.51. The van der Waals surface area contributed by atoms with Crippen molar-refractivity contribution >= 4 is 10.9 Å². The summed E-state index contributed by atoms with van der Waals surface area (Å²) in [6.45, 7) is 0. The summed E-state index contributed by atoms with van der Waals surface area (Å²) in [5, 5.41) is 1.19. The molecule has 90 valence electrons. The van der Waals surface area contributed by atoms with Crippen LogP contribution in [0.3, 0.4) is 0 Å². The zero-order valence-corrected chi connectivity index (χ0v) is 10.2. The van der Waals surface area contributed by atoms with Crippen LogP contribution in [0.25, 0.3) is 33.4 Å². The van der Waals surface area contributed by atoms with Crippen LogP contribution in [0.1, 0.15) is 0 Å². The lowest BCUT2D eigenvalue weighted by Gasteiger charge is -2.02. The molecule has 0 spiro atoms. The van der Waals surface area contributed by atoms with Gasteiger partial charge in [0.15, 0.2) is 6.20 Å². The summed E-state index contributed by atoms with van der Waals surface area (Å²) < 4.78 is 0. The summed E-state index contributed by atoms with van der Waals surface area (Å²) >= 11 is 0. The highest BCUT2D eigenvalue weighted by atomic mass is 14.8. The maximum atomic E-state index is 4.49. The summed E-state index contributed by atoms with van der Waals surface area (Å²) in [5.74, 6) is 0. The van der Waals surface area contributed by atoms with Gasteiger partial charge in [0.2, 0.25) is 5.52 Å². The van der Waals surface area contributed by atoms with Crippen LogP contribution in [0.15, 0.2) is 61.1 Å². The minimum absolute atomic E-state index is 0.990. The molecule has 2 aromatic rings. The number of nitrogens with zero attached hydrogens (tertiary/aromatic N) is 1. The summed E-state index contributed by atoms with van der Waals surface area (Å²) in [6.07, 6.45) is 5.74. The van der Waals surface area contributed by atoms with Crippen LogP contribution >= 0.6 is 0 Å². The highest BCUT2D eigenvalue weighted by molar-refractivity contribution is 6.09. The van der Waals surface area contributed by atoms with Gasteiger partial charge in [-0.3, -0.25) is 4.98 Å². The van der Waals surface area contributed by atoms with Gasteiger partial charge in [-0.15, -0.1) is 0 Å². The van der Waals surface area contributed by atoms with Crippen molar-refractivity contribution in [2.24, 2.45) is 0 Å². The van der Waals surface area contributed by atoms with Crippen molar-refractivity contribution in [2.75, 3.05) is 0 Å². The third-order valence-corrected chi connectivity index (χ3v) is 3.42. The zero-order valence-electron chi connectivity index (χ0n) is 10.2. The Morgan fingerprint density at radius 2 is 2.00 bits per heavy atom. The Balaban J connectivity index is 2.19. The highest BCUT2D eigenvalue weighted by Crippen LogP contribution is 2.40. The van der Waals surface area contributed by atoms with Crippen LogP contribution in [0, 0.1) is 0 Å². The van der Waals surface area contributed by atoms with Gasteiger partial charge in [-0.2, -0.15) is 0 Å². The predicted octanol–water partition coefficient (Wildman–Crippen LogP) is 3.15. The lowest BCUT2D eigenvalue weighted by molar-refractivity contribution is -0.344. The van der Waals surface area contributed by atoms with E-state index >= 15 is 0 Å². The molecule has 19 heavy (non-hydrogen) atoms. The number of hydrogen-bond acceptors (Lipinski definition) is 1. The Hall–Kier alpha value is -2.68. The van der Waals surface area contributed by atoms with E-state index in [1.165, 1.54) is 10.9 Å². The molecular formula is C16H12N3+. The summed E-state index contributed by atoms with van der Waals surface area (Å²) in [4.78, 5) is 11.2. The second kappa shape index (κ2) is 3.92. The molecule has 0 atom stereocenters. The molecule has 4 rings (SSSR count). The van der Waals surface area contributed by atoms with E-state index in [1.807, 2.05) is 48.9 Å². The van der Waals surface area contributed by atoms with Crippen LogP contribution in [0.4, 0.5) is 0 Å². The molecule has 0 saturated heterocycles. The predicted molar refractivity (Wildman–Crippen MR) is 74.7 cm³/mol. The zero-order chi connectivity index (χ0) is 12.7. The van der Waals surface area contributed by atoms with Gasteiger partial charge in [0.1, 0.15) is 0 Å². The van der Waals surface area contributed by atoms with Gasteiger partial charge in [-0.1, -0.05) is 6.07 Å². The van der Waals surface area contributed by atoms with Crippen molar-refractivity contribution < 1.29 is 4.98 Å². The molecule has 3 heteroatoms. The Labute approximate surface area is 110 Å². The average molecular weight is 246 g/mol. The van der Waals surface area contributed by atoms with Crippen molar-refractivity contribution in [1.29, 1.82) is 0 Å². The van der Waals surface area contributed by atoms with E-state index in [-0.39, 0.29) is 0 Å². The van der Waals surface area contributed by atoms with Gasteiger partial charge >= 0.3 is 0 Å². The van der Waals surface area contributed by atoms with E-state index in [0.29, 0.717) is 0 Å². The Bertz CT molecular complexity index is 818.